The molecular weight excluding hydrogens is 432 g/mol. The van der Waals surface area contributed by atoms with Crippen LogP contribution >= 0.6 is 10.5 Å². The summed E-state index contributed by atoms with van der Waals surface area (Å²) in [5, 5.41) is 0. The van der Waals surface area contributed by atoms with Crippen LogP contribution in [0.25, 0.3) is 0 Å². The highest BCUT2D eigenvalue weighted by Crippen LogP contribution is 2.40. The molecule has 0 aromatic heterocycles. The second-order valence-electron chi connectivity index (χ2n) is 9.83. The van der Waals surface area contributed by atoms with Gasteiger partial charge in [-0.15, -0.1) is 0 Å². The van der Waals surface area contributed by atoms with Crippen LogP contribution in [-0.4, -0.2) is 25.3 Å². The summed E-state index contributed by atoms with van der Waals surface area (Å²) in [7, 11) is 1.78. The molecule has 0 spiro atoms. The van der Waals surface area contributed by atoms with E-state index < -0.39 is 0 Å². The van der Waals surface area contributed by atoms with Gasteiger partial charge in [-0.25, -0.2) is 0 Å². The van der Waals surface area contributed by atoms with E-state index in [0.717, 1.165) is 18.8 Å². The Hall–Kier alpha value is -2.16. The van der Waals surface area contributed by atoms with E-state index in [0.29, 0.717) is 17.8 Å². The molecule has 0 amide bonds. The molecule has 184 valence electrons. The summed E-state index contributed by atoms with van der Waals surface area (Å²) in [6.07, 6.45) is 1.03. The highest BCUT2D eigenvalue weighted by atomic mass is 32.2. The van der Waals surface area contributed by atoms with Crippen molar-refractivity contribution in [1.29, 1.82) is 0 Å². The summed E-state index contributed by atoms with van der Waals surface area (Å²) in [6.45, 7) is 14.5. The first-order valence-electron chi connectivity index (χ1n) is 12.5. The van der Waals surface area contributed by atoms with E-state index in [1.165, 1.54) is 32.7 Å². The lowest BCUT2D eigenvalue weighted by Gasteiger charge is -2.24. The Balaban J connectivity index is 0.000000266. The van der Waals surface area contributed by atoms with Gasteiger partial charge in [-0.1, -0.05) is 120 Å². The molecule has 0 bridgehead atoms. The minimum absolute atomic E-state index is 0.00595. The lowest BCUT2D eigenvalue weighted by molar-refractivity contribution is 0.218. The predicted molar refractivity (Wildman–Crippen MR) is 154 cm³/mol. The standard InChI is InChI=1S/C19H32OS.C13H12/c1-13(2)16-11-17(14(3)4)19(18(12-16)15(5)6)21(8)10-9-20-7;1-3-7-12(8-4-1)11-13-9-5-2-6-10-13/h11-15H,8-10H2,1-7H3;1-10H,11H2. The number of hydrogen-bond donors (Lipinski definition) is 0. The Bertz CT molecular complexity index is 937. The van der Waals surface area contributed by atoms with Crippen LogP contribution in [0.2, 0.25) is 0 Å². The first kappa shape index (κ1) is 28.1. The molecule has 0 aliphatic carbocycles. The Labute approximate surface area is 211 Å². The van der Waals surface area contributed by atoms with Crippen molar-refractivity contribution in [3.05, 3.63) is 101 Å². The molecule has 0 heterocycles. The van der Waals surface area contributed by atoms with Crippen LogP contribution in [0.1, 0.15) is 87.1 Å². The fourth-order valence-electron chi connectivity index (χ4n) is 3.94. The van der Waals surface area contributed by atoms with Gasteiger partial charge in [0, 0.05) is 17.8 Å². The third-order valence-corrected chi connectivity index (χ3v) is 7.70. The van der Waals surface area contributed by atoms with Crippen molar-refractivity contribution in [2.45, 2.75) is 70.6 Å². The molecule has 1 unspecified atom stereocenters. The minimum Gasteiger partial charge on any atom is -0.384 e. The highest BCUT2D eigenvalue weighted by Gasteiger charge is 2.18. The smallest absolute Gasteiger partial charge is 0.0551 e. The summed E-state index contributed by atoms with van der Waals surface area (Å²) >= 11 is 0. The van der Waals surface area contributed by atoms with Gasteiger partial charge in [-0.2, -0.15) is 10.5 Å². The Morgan fingerprint density at radius 2 is 1.15 bits per heavy atom. The van der Waals surface area contributed by atoms with E-state index in [2.05, 4.69) is 120 Å². The minimum atomic E-state index is 0.00595. The average Bonchev–Trinajstić information content (AvgIpc) is 2.83. The van der Waals surface area contributed by atoms with Gasteiger partial charge in [0.25, 0.3) is 0 Å². The van der Waals surface area contributed by atoms with Gasteiger partial charge in [0.15, 0.2) is 0 Å². The molecule has 0 radical (unpaired) electrons. The van der Waals surface area contributed by atoms with Crippen LogP contribution < -0.4 is 0 Å². The van der Waals surface area contributed by atoms with Crippen molar-refractivity contribution >= 4 is 16.4 Å². The molecule has 0 saturated carbocycles. The van der Waals surface area contributed by atoms with Crippen LogP contribution in [-0.2, 0) is 11.2 Å². The maximum absolute atomic E-state index is 5.26. The lowest BCUT2D eigenvalue weighted by atomic mass is 9.89. The Kier molecular flexibility index (Phi) is 11.8. The lowest BCUT2D eigenvalue weighted by Crippen LogP contribution is -2.05. The van der Waals surface area contributed by atoms with Crippen LogP contribution in [0, 0.1) is 0 Å². The van der Waals surface area contributed by atoms with Crippen molar-refractivity contribution < 1.29 is 4.74 Å². The number of benzene rings is 3. The molecule has 3 aromatic rings. The third kappa shape index (κ3) is 8.56. The summed E-state index contributed by atoms with van der Waals surface area (Å²) in [5.41, 5.74) is 7.16. The van der Waals surface area contributed by atoms with Crippen LogP contribution in [0.15, 0.2) is 77.7 Å². The highest BCUT2D eigenvalue weighted by molar-refractivity contribution is 8.14. The predicted octanol–water partition coefficient (Wildman–Crippen LogP) is 9.04. The van der Waals surface area contributed by atoms with Crippen molar-refractivity contribution in [3.8, 4) is 0 Å². The Morgan fingerprint density at radius 3 is 1.50 bits per heavy atom. The molecule has 0 fully saturated rings. The van der Waals surface area contributed by atoms with E-state index in [1.807, 2.05) is 0 Å². The summed E-state index contributed by atoms with van der Waals surface area (Å²) < 4.78 is 5.26. The number of rotatable bonds is 9. The van der Waals surface area contributed by atoms with E-state index in [9.17, 15) is 0 Å². The topological polar surface area (TPSA) is 9.23 Å². The number of methoxy groups -OCH3 is 1. The fraction of sp³-hybridized carbons (Fsp3) is 0.406. The zero-order valence-electron chi connectivity index (χ0n) is 22.3. The fourth-order valence-corrected chi connectivity index (χ4v) is 5.76. The average molecular weight is 477 g/mol. The van der Waals surface area contributed by atoms with Gasteiger partial charge < -0.3 is 4.74 Å². The van der Waals surface area contributed by atoms with E-state index >= 15 is 0 Å². The zero-order chi connectivity index (χ0) is 25.1. The second-order valence-corrected chi connectivity index (χ2v) is 11.6. The largest absolute Gasteiger partial charge is 0.384 e. The monoisotopic (exact) mass is 476 g/mol. The van der Waals surface area contributed by atoms with Gasteiger partial charge in [0.1, 0.15) is 0 Å². The van der Waals surface area contributed by atoms with Gasteiger partial charge in [-0.05, 0) is 52.0 Å². The molecule has 1 atom stereocenters. The quantitative estimate of drug-likeness (QED) is 0.280. The van der Waals surface area contributed by atoms with Gasteiger partial charge in [0.05, 0.1) is 6.61 Å². The van der Waals surface area contributed by atoms with Gasteiger partial charge >= 0.3 is 0 Å². The van der Waals surface area contributed by atoms with Crippen LogP contribution in [0.3, 0.4) is 0 Å². The molecule has 34 heavy (non-hydrogen) atoms. The molecular formula is C32H44OS. The second kappa shape index (κ2) is 14.3. The van der Waals surface area contributed by atoms with Gasteiger partial charge in [0.2, 0.25) is 0 Å². The SMILES string of the molecule is C=S(CCOC)c1c(C(C)C)cc(C(C)C)cc1C(C)C.c1ccc(Cc2ccccc2)cc1. The van der Waals surface area contributed by atoms with Crippen molar-refractivity contribution in [2.24, 2.45) is 0 Å². The van der Waals surface area contributed by atoms with Crippen LogP contribution in [0.5, 0.6) is 0 Å². The molecule has 0 aliphatic heterocycles. The molecule has 1 nitrogen and oxygen atoms in total. The maximum Gasteiger partial charge on any atom is 0.0551 e. The number of hydrogen-bond acceptors (Lipinski definition) is 1. The first-order valence-corrected chi connectivity index (χ1v) is 14.1. The van der Waals surface area contributed by atoms with Crippen molar-refractivity contribution in [2.75, 3.05) is 19.5 Å². The molecule has 3 aromatic carbocycles. The van der Waals surface area contributed by atoms with Gasteiger partial charge in [-0.3, -0.25) is 0 Å². The van der Waals surface area contributed by atoms with E-state index in [1.54, 1.807) is 7.11 Å². The summed E-state index contributed by atoms with van der Waals surface area (Å²) in [5.74, 6) is 7.11. The normalized spacial score (nSPS) is 12.1. The molecule has 3 rings (SSSR count). The van der Waals surface area contributed by atoms with Crippen LogP contribution in [0.4, 0.5) is 0 Å². The zero-order valence-corrected chi connectivity index (χ0v) is 23.1. The van der Waals surface area contributed by atoms with Crippen molar-refractivity contribution in [1.82, 2.24) is 0 Å². The maximum atomic E-state index is 5.26. The summed E-state index contributed by atoms with van der Waals surface area (Å²) in [6, 6.07) is 25.9. The van der Waals surface area contributed by atoms with E-state index in [4.69, 9.17) is 4.74 Å². The molecule has 0 aliphatic rings. The molecule has 0 saturated heterocycles. The third-order valence-electron chi connectivity index (χ3n) is 6.00. The Morgan fingerprint density at radius 1 is 0.706 bits per heavy atom. The van der Waals surface area contributed by atoms with E-state index in [-0.39, 0.29) is 10.5 Å². The summed E-state index contributed by atoms with van der Waals surface area (Å²) in [4.78, 5) is 1.49. The number of ether oxygens (including phenoxy) is 1. The molecule has 2 heteroatoms. The van der Waals surface area contributed by atoms with Crippen molar-refractivity contribution in [3.63, 3.8) is 0 Å². The molecule has 0 N–H and O–H groups in total. The first-order chi connectivity index (χ1) is 16.2.